The van der Waals surface area contributed by atoms with Gasteiger partial charge in [-0.1, -0.05) is 97.1 Å². The van der Waals surface area contributed by atoms with Gasteiger partial charge in [0.2, 0.25) is 11.8 Å². The summed E-state index contributed by atoms with van der Waals surface area (Å²) < 4.78 is 122. The van der Waals surface area contributed by atoms with Gasteiger partial charge in [-0.15, -0.1) is 0 Å². The number of nitrogens with zero attached hydrogens (tertiary/aromatic N) is 9. The fourth-order valence-electron chi connectivity index (χ4n) is 12.4. The van der Waals surface area contributed by atoms with Crippen LogP contribution in [0.15, 0.2) is 127 Å². The van der Waals surface area contributed by atoms with Gasteiger partial charge in [0.1, 0.15) is 35.8 Å². The van der Waals surface area contributed by atoms with Crippen molar-refractivity contribution in [1.82, 2.24) is 23.8 Å². The summed E-state index contributed by atoms with van der Waals surface area (Å²) >= 11 is 0. The van der Waals surface area contributed by atoms with E-state index in [9.17, 15) is 48.7 Å². The first-order valence-corrected chi connectivity index (χ1v) is 43.5. The molecule has 0 radical (unpaired) electrons. The molecule has 6 heterocycles. The third-order valence-corrected chi connectivity index (χ3v) is 30.7. The fraction of sp³-hybridized carbons (Fsp3) is 0.407. The van der Waals surface area contributed by atoms with E-state index in [4.69, 9.17) is 54.7 Å². The third-order valence-electron chi connectivity index (χ3n) is 16.6. The average molecular weight is 1420 g/mol. The molecule has 4 aliphatic rings. The molecular formula is C59H77N14O16S3Si3+. The molecule has 2 aromatic heterocycles. The van der Waals surface area contributed by atoms with Crippen LogP contribution >= 0.6 is 0 Å². The van der Waals surface area contributed by atoms with Crippen LogP contribution in [0.5, 0.6) is 0 Å². The molecule has 0 saturated heterocycles. The Morgan fingerprint density at radius 2 is 0.979 bits per heavy atom. The van der Waals surface area contributed by atoms with Crippen LogP contribution in [0.4, 0.5) is 11.6 Å². The number of quaternary nitrogens is 1. The summed E-state index contributed by atoms with van der Waals surface area (Å²) in [5, 5.41) is 8.84. The Balaban J connectivity index is 1.04. The number of benzene rings is 4. The van der Waals surface area contributed by atoms with Crippen molar-refractivity contribution in [2.75, 3.05) is 70.5 Å². The summed E-state index contributed by atoms with van der Waals surface area (Å²) in [6.45, 7) is 8.35. The predicted octanol–water partition coefficient (Wildman–Crippen LogP) is 3.53. The second-order valence-corrected chi connectivity index (χ2v) is 40.9. The second kappa shape index (κ2) is 29.2. The van der Waals surface area contributed by atoms with E-state index in [0.29, 0.717) is 70.9 Å². The smallest absolute Gasteiger partial charge is 0.404 e. The highest BCUT2D eigenvalue weighted by Crippen LogP contribution is 2.45. The first-order chi connectivity index (χ1) is 45.1. The minimum Gasteiger partial charge on any atom is -0.404 e. The Hall–Kier alpha value is -7.25. The summed E-state index contributed by atoms with van der Waals surface area (Å²) in [6.07, 6.45) is 1.20. The first kappa shape index (κ1) is 70.5. The molecule has 2 amide bonds. The van der Waals surface area contributed by atoms with Crippen molar-refractivity contribution >= 4 is 130 Å². The van der Waals surface area contributed by atoms with E-state index in [1.165, 1.54) is 0 Å². The Kier molecular flexibility index (Phi) is 21.7. The molecule has 0 fully saturated rings. The van der Waals surface area contributed by atoms with Gasteiger partial charge in [0.15, 0.2) is 40.0 Å². The molecule has 0 aliphatic carbocycles. The Morgan fingerprint density at radius 1 is 0.537 bits per heavy atom. The summed E-state index contributed by atoms with van der Waals surface area (Å²) in [6, 6.07) is 32.2. The van der Waals surface area contributed by atoms with Crippen molar-refractivity contribution < 1.29 is 75.3 Å². The van der Waals surface area contributed by atoms with Crippen LogP contribution in [-0.2, 0) is 67.0 Å². The van der Waals surface area contributed by atoms with E-state index >= 15 is 0 Å². The molecule has 0 saturated carbocycles. The van der Waals surface area contributed by atoms with Crippen LogP contribution < -0.4 is 38.1 Å². The number of hydrogen-bond acceptors (Lipinski definition) is 22. The maximum atomic E-state index is 13.9. The van der Waals surface area contributed by atoms with Gasteiger partial charge in [-0.3, -0.25) is 27.2 Å². The van der Waals surface area contributed by atoms with Crippen LogP contribution in [0.3, 0.4) is 0 Å². The van der Waals surface area contributed by atoms with Crippen molar-refractivity contribution in [1.29, 1.82) is 0 Å². The highest BCUT2D eigenvalue weighted by Gasteiger charge is 2.58. The number of aliphatic imine (C=N–C) groups is 4. The van der Waals surface area contributed by atoms with Crippen LogP contribution in [0.2, 0.25) is 38.3 Å². The predicted molar refractivity (Wildman–Crippen MR) is 362 cm³/mol. The lowest BCUT2D eigenvalue weighted by molar-refractivity contribution is -0.928. The number of carbonyl (C=O) groups excluding carboxylic acids is 3. The van der Waals surface area contributed by atoms with Crippen molar-refractivity contribution in [2.45, 2.75) is 83.2 Å². The lowest BCUT2D eigenvalue weighted by Gasteiger charge is -2.43. The molecular weight excluding hydrogens is 1340 g/mol. The Labute approximate surface area is 552 Å². The number of nitrogens with one attached hydrogen (secondary N) is 3. The zero-order valence-electron chi connectivity index (χ0n) is 52.9. The Bertz CT molecular complexity index is 4420. The minimum absolute atomic E-state index is 0.000774. The first-order valence-electron chi connectivity index (χ1n) is 30.9. The van der Waals surface area contributed by atoms with Crippen LogP contribution in [0, 0.1) is 0 Å². The molecule has 10 rings (SSSR count). The van der Waals surface area contributed by atoms with Crippen LogP contribution in [0.25, 0.3) is 21.5 Å². The van der Waals surface area contributed by atoms with Crippen molar-refractivity contribution in [3.63, 3.8) is 0 Å². The zero-order valence-corrected chi connectivity index (χ0v) is 58.3. The monoisotopic (exact) mass is 1420 g/mol. The lowest BCUT2D eigenvalue weighted by Crippen LogP contribution is -2.70. The number of ether oxygens (including phenoxy) is 1. The summed E-state index contributed by atoms with van der Waals surface area (Å²) in [5.41, 5.74) is 3.93. The molecule has 95 heavy (non-hydrogen) atoms. The highest BCUT2D eigenvalue weighted by molar-refractivity contribution is 7.86. The van der Waals surface area contributed by atoms with Gasteiger partial charge in [-0.25, -0.2) is 34.7 Å². The number of amides is 2. The topological polar surface area (TPSA) is 412 Å². The number of hydrogen-bond donors (Lipinski definition) is 7. The fourth-order valence-corrected chi connectivity index (χ4v) is 26.5. The van der Waals surface area contributed by atoms with Crippen LogP contribution in [0.1, 0.15) is 67.2 Å². The molecule has 6 aromatic rings. The summed E-state index contributed by atoms with van der Waals surface area (Å²) in [4.78, 5) is 75.5. The van der Waals surface area contributed by atoms with Gasteiger partial charge in [-0.05, 0) is 51.1 Å². The molecule has 9 N–H and O–H groups in total. The van der Waals surface area contributed by atoms with E-state index in [0.717, 1.165) is 43.8 Å². The second-order valence-electron chi connectivity index (χ2n) is 24.7. The SMILES string of the molecule is C[Si](C)(CCCNC(=O)CCC[N+](CCCNS(=O)(=O)O)(CCCS(=O)(=O)O)CCCS(=O)(=O)ON)O[Si]1(O[Si](C)(C)CCCNC(=O)COCC(=O)ON)n2c3c4ccccc4c2N=C2N=C(N=c4c5ccccc5c(n41)=NC1=NC(=N3)c3ccccc31)c1ccccc12. The molecule has 508 valence electrons. The molecule has 36 heteroatoms. The van der Waals surface area contributed by atoms with E-state index in [1.807, 2.05) is 110 Å². The molecule has 0 spiro atoms. The van der Waals surface area contributed by atoms with E-state index in [1.54, 1.807) is 0 Å². The number of amidine groups is 4. The van der Waals surface area contributed by atoms with Crippen molar-refractivity contribution in [3.05, 3.63) is 130 Å². The average Bonchev–Trinajstić information content (AvgIpc) is 1.54. The van der Waals surface area contributed by atoms with E-state index in [2.05, 4.69) is 45.9 Å². The van der Waals surface area contributed by atoms with Crippen LogP contribution in [-0.4, -0.2) is 184 Å². The number of fused-ring (bicyclic) bond motifs is 14. The molecule has 4 aliphatic heterocycles. The van der Waals surface area contributed by atoms with Gasteiger partial charge in [0, 0.05) is 95.5 Å². The third kappa shape index (κ3) is 16.9. The summed E-state index contributed by atoms with van der Waals surface area (Å²) in [5.74, 6) is 9.81. The van der Waals surface area contributed by atoms with Crippen molar-refractivity contribution in [2.24, 2.45) is 41.7 Å². The number of rotatable bonds is 34. The lowest BCUT2D eigenvalue weighted by atomic mass is 10.1. The molecule has 2 atom stereocenters. The van der Waals surface area contributed by atoms with Gasteiger partial charge >= 0.3 is 25.2 Å². The largest absolute Gasteiger partial charge is 0.582 e. The normalized spacial score (nSPS) is 16.5. The van der Waals surface area contributed by atoms with Gasteiger partial charge < -0.3 is 32.9 Å². The van der Waals surface area contributed by atoms with Gasteiger partial charge in [0.25, 0.3) is 20.2 Å². The van der Waals surface area contributed by atoms with Crippen molar-refractivity contribution in [3.8, 4) is 0 Å². The standard InChI is InChI=1S/C59H76N14O16S3Si3/c1-93(2,37-15-28-62-49(74)27-13-31-73(33-17-35-90(77,78)79,32-14-30-64-92(82,83)84)34-18-36-91(80,81)87-61)88-95(89-94(3,4)38-16-29-63-50(75)39-85-40-51(76)86-60)71-56-45-23-9-10-24-46(45)58(71)69-54-43-21-7-8-22-44(43)55(66-54)70-59-48-26-12-11-25-47(48)57(72(59)95)68-53-42-20-6-5-19-41(42)52(65-53)67-56/h5-12,19-26,64H,13-18,27-40,60-61H2,1-4H3,(H3-,62,63,74,75,77,78,79,82,83,84)/p+1. The van der Waals surface area contributed by atoms with E-state index in [-0.39, 0.29) is 88.3 Å². The van der Waals surface area contributed by atoms with Gasteiger partial charge in [-0.2, -0.15) is 46.1 Å². The Morgan fingerprint density at radius 3 is 1.45 bits per heavy atom. The quantitative estimate of drug-likeness (QED) is 0.00998. The zero-order chi connectivity index (χ0) is 68.0. The number of nitrogens with two attached hydrogens (primary N) is 2. The molecule has 4 aromatic carbocycles. The molecule has 6 bridgehead atoms. The highest BCUT2D eigenvalue weighted by atomic mass is 32.2. The number of aromatic nitrogens is 2. The molecule has 30 nitrogen and oxygen atoms in total. The summed E-state index contributed by atoms with van der Waals surface area (Å²) in [7, 11) is -24.2. The van der Waals surface area contributed by atoms with Gasteiger partial charge in [0.05, 0.1) is 37.7 Å². The van der Waals surface area contributed by atoms with E-state index < -0.39 is 92.7 Å². The minimum atomic E-state index is -4.72. The molecule has 2 unspecified atom stereocenters. The maximum absolute atomic E-state index is 13.9. The number of carbonyl (C=O) groups is 3. The maximum Gasteiger partial charge on any atom is 0.582 e.